The Labute approximate surface area is 165 Å². The van der Waals surface area contributed by atoms with E-state index in [1.807, 2.05) is 12.1 Å². The van der Waals surface area contributed by atoms with Crippen molar-refractivity contribution >= 4 is 40.7 Å². The number of carbonyl (C=O) groups is 3. The fraction of sp³-hybridized carbons (Fsp3) is 0.333. The molecule has 1 aromatic heterocycles. The normalized spacial score (nSPS) is 16.2. The van der Waals surface area contributed by atoms with Crippen LogP contribution in [-0.2, 0) is 9.59 Å². The van der Waals surface area contributed by atoms with Crippen molar-refractivity contribution in [2.45, 2.75) is 18.9 Å². The van der Waals surface area contributed by atoms with Gasteiger partial charge in [-0.1, -0.05) is 23.7 Å². The summed E-state index contributed by atoms with van der Waals surface area (Å²) in [5, 5.41) is 8.13. The zero-order valence-electron chi connectivity index (χ0n) is 14.7. The maximum atomic E-state index is 12.4. The Balaban J connectivity index is 1.59. The van der Waals surface area contributed by atoms with Crippen LogP contribution in [0.4, 0.5) is 0 Å². The second kappa shape index (κ2) is 8.49. The fourth-order valence-electron chi connectivity index (χ4n) is 2.96. The van der Waals surface area contributed by atoms with E-state index in [4.69, 9.17) is 11.6 Å². The van der Waals surface area contributed by atoms with Crippen molar-refractivity contribution in [3.8, 4) is 10.6 Å². The average molecular weight is 407 g/mol. The molecular formula is C18H19ClN4O3S. The van der Waals surface area contributed by atoms with Gasteiger partial charge >= 0.3 is 0 Å². The smallest absolute Gasteiger partial charge is 0.271 e. The molecule has 3 rings (SSSR count). The quantitative estimate of drug-likeness (QED) is 0.793. The molecule has 9 heteroatoms. The Morgan fingerprint density at radius 1 is 1.30 bits per heavy atom. The van der Waals surface area contributed by atoms with E-state index < -0.39 is 11.9 Å². The first kappa shape index (κ1) is 19.3. The van der Waals surface area contributed by atoms with Crippen molar-refractivity contribution in [1.29, 1.82) is 0 Å². The van der Waals surface area contributed by atoms with Gasteiger partial charge in [0.05, 0.1) is 6.54 Å². The molecule has 1 aliphatic heterocycles. The molecule has 0 spiro atoms. The predicted octanol–water partition coefficient (Wildman–Crippen LogP) is 1.93. The number of benzene rings is 1. The summed E-state index contributed by atoms with van der Waals surface area (Å²) in [5.74, 6) is -0.877. The Hall–Kier alpha value is -2.45. The zero-order chi connectivity index (χ0) is 19.4. The summed E-state index contributed by atoms with van der Waals surface area (Å²) < 4.78 is 0. The molecule has 1 fully saturated rings. The van der Waals surface area contributed by atoms with E-state index in [1.165, 1.54) is 16.2 Å². The maximum Gasteiger partial charge on any atom is 0.271 e. The lowest BCUT2D eigenvalue weighted by atomic mass is 10.2. The first-order valence-corrected chi connectivity index (χ1v) is 9.76. The van der Waals surface area contributed by atoms with Crippen molar-refractivity contribution in [1.82, 2.24) is 20.5 Å². The summed E-state index contributed by atoms with van der Waals surface area (Å²) in [6.07, 6.45) is 1.41. The van der Waals surface area contributed by atoms with E-state index >= 15 is 0 Å². The Morgan fingerprint density at radius 2 is 2.04 bits per heavy atom. The molecule has 2 heterocycles. The van der Waals surface area contributed by atoms with Crippen molar-refractivity contribution in [3.63, 3.8) is 0 Å². The molecule has 1 unspecified atom stereocenters. The lowest BCUT2D eigenvalue weighted by molar-refractivity contribution is -0.137. The molecule has 3 amide bonds. The maximum absolute atomic E-state index is 12.4. The molecule has 7 nitrogen and oxygen atoms in total. The van der Waals surface area contributed by atoms with Gasteiger partial charge in [0.25, 0.3) is 5.91 Å². The number of amides is 3. The molecule has 142 valence electrons. The van der Waals surface area contributed by atoms with Crippen molar-refractivity contribution < 1.29 is 14.4 Å². The number of likely N-dealkylation sites (N-methyl/N-ethyl adjacent to an activating group) is 1. The number of thiazole rings is 1. The number of likely N-dealkylation sites (tertiary alicyclic amines) is 1. The van der Waals surface area contributed by atoms with Gasteiger partial charge in [-0.2, -0.15) is 0 Å². The van der Waals surface area contributed by atoms with Crippen molar-refractivity contribution in [2.75, 3.05) is 20.1 Å². The molecule has 0 radical (unpaired) electrons. The summed E-state index contributed by atoms with van der Waals surface area (Å²) in [6, 6.07) is 6.72. The minimum absolute atomic E-state index is 0.167. The van der Waals surface area contributed by atoms with Crippen LogP contribution in [0.2, 0.25) is 5.02 Å². The van der Waals surface area contributed by atoms with Crippen LogP contribution in [0.15, 0.2) is 29.6 Å². The molecule has 1 aromatic carbocycles. The van der Waals surface area contributed by atoms with Crippen LogP contribution in [0.3, 0.4) is 0 Å². The largest absolute Gasteiger partial charge is 0.357 e. The Bertz CT molecular complexity index is 853. The highest BCUT2D eigenvalue weighted by atomic mass is 35.5. The number of hydrogen-bond acceptors (Lipinski definition) is 5. The molecule has 0 aliphatic carbocycles. The van der Waals surface area contributed by atoms with Crippen LogP contribution in [0, 0.1) is 0 Å². The van der Waals surface area contributed by atoms with E-state index in [9.17, 15) is 14.4 Å². The van der Waals surface area contributed by atoms with E-state index in [1.54, 1.807) is 24.6 Å². The first-order chi connectivity index (χ1) is 13.0. The second-order valence-electron chi connectivity index (χ2n) is 6.09. The van der Waals surface area contributed by atoms with Gasteiger partial charge in [-0.05, 0) is 25.0 Å². The highest BCUT2D eigenvalue weighted by molar-refractivity contribution is 7.13. The van der Waals surface area contributed by atoms with Gasteiger partial charge in [0.15, 0.2) is 0 Å². The predicted molar refractivity (Wildman–Crippen MR) is 104 cm³/mol. The molecule has 0 saturated carbocycles. The molecule has 2 N–H and O–H groups in total. The minimum Gasteiger partial charge on any atom is -0.357 e. The van der Waals surface area contributed by atoms with Crippen LogP contribution in [0.5, 0.6) is 0 Å². The molecule has 0 bridgehead atoms. The standard InChI is InChI=1S/C18H19ClN4O3S/c1-20-17(26)14-3-2-8-23(14)15(24)9-21-16(25)13-10-27-18(22-13)11-4-6-12(19)7-5-11/h4-7,10,14H,2-3,8-9H2,1H3,(H,20,26)(H,21,25). The highest BCUT2D eigenvalue weighted by Crippen LogP contribution is 2.25. The SMILES string of the molecule is CNC(=O)C1CCCN1C(=O)CNC(=O)c1csc(-c2ccc(Cl)cc2)n1. The third-order valence-electron chi connectivity index (χ3n) is 4.35. The summed E-state index contributed by atoms with van der Waals surface area (Å²) in [5.41, 5.74) is 1.12. The van der Waals surface area contributed by atoms with Crippen LogP contribution in [0.25, 0.3) is 10.6 Å². The van der Waals surface area contributed by atoms with Gasteiger partial charge in [-0.25, -0.2) is 4.98 Å². The Kier molecular flexibility index (Phi) is 6.08. The van der Waals surface area contributed by atoms with Crippen molar-refractivity contribution in [3.05, 3.63) is 40.4 Å². The van der Waals surface area contributed by atoms with Crippen LogP contribution in [0.1, 0.15) is 23.3 Å². The summed E-state index contributed by atoms with van der Waals surface area (Å²) in [6.45, 7) is 0.352. The van der Waals surface area contributed by atoms with E-state index in [-0.39, 0.29) is 24.1 Å². The van der Waals surface area contributed by atoms with Gasteiger partial charge in [0.2, 0.25) is 11.8 Å². The first-order valence-electron chi connectivity index (χ1n) is 8.50. The van der Waals surface area contributed by atoms with E-state index in [0.717, 1.165) is 12.0 Å². The van der Waals surface area contributed by atoms with E-state index in [0.29, 0.717) is 23.0 Å². The lowest BCUT2D eigenvalue weighted by Crippen LogP contribution is -2.48. The number of nitrogens with zero attached hydrogens (tertiary/aromatic N) is 2. The summed E-state index contributed by atoms with van der Waals surface area (Å²) in [7, 11) is 1.55. The summed E-state index contributed by atoms with van der Waals surface area (Å²) in [4.78, 5) is 42.3. The molecule has 2 aromatic rings. The third-order valence-corrected chi connectivity index (χ3v) is 5.49. The zero-order valence-corrected chi connectivity index (χ0v) is 16.3. The number of carbonyl (C=O) groups excluding carboxylic acids is 3. The number of hydrogen-bond donors (Lipinski definition) is 2. The lowest BCUT2D eigenvalue weighted by Gasteiger charge is -2.23. The molecule has 1 atom stereocenters. The molecule has 27 heavy (non-hydrogen) atoms. The van der Waals surface area contributed by atoms with Gasteiger partial charge in [0.1, 0.15) is 16.7 Å². The monoisotopic (exact) mass is 406 g/mol. The van der Waals surface area contributed by atoms with Crippen LogP contribution >= 0.6 is 22.9 Å². The van der Waals surface area contributed by atoms with Gasteiger partial charge in [-0.3, -0.25) is 14.4 Å². The number of aromatic nitrogens is 1. The molecule has 1 aliphatic rings. The molecular weight excluding hydrogens is 388 g/mol. The molecule has 1 saturated heterocycles. The average Bonchev–Trinajstić information content (AvgIpc) is 3.35. The Morgan fingerprint density at radius 3 is 2.74 bits per heavy atom. The highest BCUT2D eigenvalue weighted by Gasteiger charge is 2.33. The van der Waals surface area contributed by atoms with Crippen LogP contribution < -0.4 is 10.6 Å². The van der Waals surface area contributed by atoms with Crippen LogP contribution in [-0.4, -0.2) is 53.8 Å². The summed E-state index contributed by atoms with van der Waals surface area (Å²) >= 11 is 7.22. The topological polar surface area (TPSA) is 91.4 Å². The number of halogens is 1. The fourth-order valence-corrected chi connectivity index (χ4v) is 3.89. The van der Waals surface area contributed by atoms with Crippen molar-refractivity contribution in [2.24, 2.45) is 0 Å². The van der Waals surface area contributed by atoms with Gasteiger partial charge < -0.3 is 15.5 Å². The third kappa shape index (κ3) is 4.45. The minimum atomic E-state index is -0.463. The van der Waals surface area contributed by atoms with Gasteiger partial charge in [-0.15, -0.1) is 11.3 Å². The van der Waals surface area contributed by atoms with Gasteiger partial charge in [0, 0.05) is 29.6 Å². The number of rotatable bonds is 5. The number of nitrogens with one attached hydrogen (secondary N) is 2. The van der Waals surface area contributed by atoms with E-state index in [2.05, 4.69) is 15.6 Å². The second-order valence-corrected chi connectivity index (χ2v) is 7.38.